The van der Waals surface area contributed by atoms with Crippen molar-refractivity contribution in [2.24, 2.45) is 0 Å². The second-order valence-electron chi connectivity index (χ2n) is 4.75. The number of rotatable bonds is 2. The van der Waals surface area contributed by atoms with Gasteiger partial charge in [0.25, 0.3) is 0 Å². The van der Waals surface area contributed by atoms with Crippen LogP contribution in [0.2, 0.25) is 0 Å². The average Bonchev–Trinajstić information content (AvgIpc) is 2.90. The van der Waals surface area contributed by atoms with E-state index in [0.29, 0.717) is 10.4 Å². The van der Waals surface area contributed by atoms with Gasteiger partial charge in [0.1, 0.15) is 6.61 Å². The van der Waals surface area contributed by atoms with E-state index in [4.69, 9.17) is 5.11 Å². The lowest BCUT2D eigenvalue weighted by Crippen LogP contribution is -2.19. The highest BCUT2D eigenvalue weighted by atomic mass is 32.2. The van der Waals surface area contributed by atoms with Crippen molar-refractivity contribution in [1.29, 1.82) is 0 Å². The molecule has 2 aromatic rings. The largest absolute Gasteiger partial charge is 0.387 e. The number of ketones is 1. The van der Waals surface area contributed by atoms with Gasteiger partial charge in [0.05, 0.1) is 26.8 Å². The Hall–Kier alpha value is -2.03. The molecule has 0 saturated heterocycles. The normalized spacial score (nSPS) is 15.6. The van der Waals surface area contributed by atoms with Gasteiger partial charge in [-0.1, -0.05) is 6.07 Å². The van der Waals surface area contributed by atoms with Crippen LogP contribution >= 0.6 is 11.3 Å². The number of carbonyl (C=O) groups is 2. The highest BCUT2D eigenvalue weighted by molar-refractivity contribution is 7.90. The van der Waals surface area contributed by atoms with Gasteiger partial charge in [-0.25, -0.2) is 8.42 Å². The fourth-order valence-corrected chi connectivity index (χ4v) is 4.93. The summed E-state index contributed by atoms with van der Waals surface area (Å²) in [6.07, 6.45) is 0. The Labute approximate surface area is 130 Å². The number of aliphatic hydroxyl groups excluding tert-OH is 1. The van der Waals surface area contributed by atoms with Gasteiger partial charge in [-0.2, -0.15) is 0 Å². The maximum atomic E-state index is 12.7. The van der Waals surface area contributed by atoms with Crippen LogP contribution in [0.4, 0.5) is 5.69 Å². The molecule has 1 aromatic heterocycles. The Kier molecular flexibility index (Phi) is 3.59. The zero-order valence-electron chi connectivity index (χ0n) is 11.2. The van der Waals surface area contributed by atoms with E-state index in [1.165, 1.54) is 29.5 Å². The van der Waals surface area contributed by atoms with Crippen molar-refractivity contribution in [1.82, 2.24) is 0 Å². The Balaban J connectivity index is 2.27. The second-order valence-corrected chi connectivity index (χ2v) is 7.62. The third kappa shape index (κ3) is 2.35. The molecule has 1 aliphatic heterocycles. The van der Waals surface area contributed by atoms with E-state index < -0.39 is 28.1 Å². The third-order valence-electron chi connectivity index (χ3n) is 3.30. The number of carbonyl (C=O) groups excluding carboxylic acids is 2. The van der Waals surface area contributed by atoms with Crippen LogP contribution < -0.4 is 5.32 Å². The number of fused-ring (bicyclic) bond motifs is 2. The summed E-state index contributed by atoms with van der Waals surface area (Å²) in [7, 11) is -3.69. The van der Waals surface area contributed by atoms with E-state index in [-0.39, 0.29) is 21.9 Å². The molecule has 0 bridgehead atoms. The molecular formula is C14H11NO5S2. The Morgan fingerprint density at radius 2 is 2.09 bits per heavy atom. The molecule has 3 rings (SSSR count). The van der Waals surface area contributed by atoms with Crippen LogP contribution in [0.3, 0.4) is 0 Å². The molecule has 1 amide bonds. The minimum Gasteiger partial charge on any atom is -0.387 e. The van der Waals surface area contributed by atoms with E-state index in [9.17, 15) is 18.0 Å². The minimum absolute atomic E-state index is 0.0505. The molecule has 6 nitrogen and oxygen atoms in total. The van der Waals surface area contributed by atoms with Crippen LogP contribution in [0.1, 0.15) is 20.8 Å². The molecular weight excluding hydrogens is 326 g/mol. The van der Waals surface area contributed by atoms with E-state index in [2.05, 4.69) is 5.32 Å². The van der Waals surface area contributed by atoms with E-state index in [1.807, 2.05) is 0 Å². The molecule has 2 N–H and O–H groups in total. The first kappa shape index (κ1) is 14.9. The smallest absolute Gasteiger partial charge is 0.250 e. The zero-order chi connectivity index (χ0) is 15.9. The van der Waals surface area contributed by atoms with Gasteiger partial charge < -0.3 is 10.4 Å². The predicted molar refractivity (Wildman–Crippen MR) is 80.8 cm³/mol. The molecule has 2 heterocycles. The van der Waals surface area contributed by atoms with E-state index >= 15 is 0 Å². The lowest BCUT2D eigenvalue weighted by atomic mass is 10.1. The summed E-state index contributed by atoms with van der Waals surface area (Å²) >= 11 is 1.17. The standard InChI is InChI=1S/C14H11NO5S2/c16-6-11(17)15-9-2-1-3-10-12(9)13(18)14-8(4-5-21-14)7-22(10,19)20/h1-5,16H,6-7H2,(H,15,17). The van der Waals surface area contributed by atoms with E-state index in [0.717, 1.165) is 0 Å². The molecule has 0 atom stereocenters. The topological polar surface area (TPSA) is 101 Å². The van der Waals surface area contributed by atoms with Crippen molar-refractivity contribution in [3.8, 4) is 0 Å². The van der Waals surface area contributed by atoms with Crippen LogP contribution in [0.15, 0.2) is 34.5 Å². The monoisotopic (exact) mass is 337 g/mol. The first-order valence-corrected chi connectivity index (χ1v) is 8.85. The number of nitrogens with one attached hydrogen (secondary N) is 1. The van der Waals surface area contributed by atoms with Gasteiger partial charge in [-0.15, -0.1) is 11.3 Å². The van der Waals surface area contributed by atoms with Crippen molar-refractivity contribution >= 4 is 38.6 Å². The summed E-state index contributed by atoms with van der Waals surface area (Å²) in [4.78, 5) is 24.4. The molecule has 0 radical (unpaired) electrons. The molecule has 114 valence electrons. The van der Waals surface area contributed by atoms with Gasteiger partial charge in [0, 0.05) is 0 Å². The van der Waals surface area contributed by atoms with Crippen LogP contribution in [-0.4, -0.2) is 31.8 Å². The van der Waals surface area contributed by atoms with Crippen LogP contribution in [-0.2, 0) is 20.4 Å². The summed E-state index contributed by atoms with van der Waals surface area (Å²) in [5.41, 5.74) is 0.502. The molecule has 22 heavy (non-hydrogen) atoms. The fourth-order valence-electron chi connectivity index (χ4n) is 2.36. The van der Waals surface area contributed by atoms with Gasteiger partial charge in [-0.3, -0.25) is 9.59 Å². The quantitative estimate of drug-likeness (QED) is 0.857. The number of aliphatic hydroxyl groups is 1. The molecule has 8 heteroatoms. The third-order valence-corrected chi connectivity index (χ3v) is 5.96. The number of thiophene rings is 1. The molecule has 0 fully saturated rings. The highest BCUT2D eigenvalue weighted by Gasteiger charge is 2.33. The summed E-state index contributed by atoms with van der Waals surface area (Å²) < 4.78 is 25.0. The van der Waals surface area contributed by atoms with Gasteiger partial charge >= 0.3 is 0 Å². The van der Waals surface area contributed by atoms with Crippen LogP contribution in [0, 0.1) is 0 Å². The number of hydrogen-bond acceptors (Lipinski definition) is 6. The average molecular weight is 337 g/mol. The lowest BCUT2D eigenvalue weighted by Gasteiger charge is -2.11. The highest BCUT2D eigenvalue weighted by Crippen LogP contribution is 2.35. The second kappa shape index (κ2) is 5.31. The molecule has 0 aliphatic carbocycles. The zero-order valence-corrected chi connectivity index (χ0v) is 12.8. The minimum atomic E-state index is -3.69. The Morgan fingerprint density at radius 3 is 2.82 bits per heavy atom. The Morgan fingerprint density at radius 1 is 1.32 bits per heavy atom. The summed E-state index contributed by atoms with van der Waals surface area (Å²) in [6.45, 7) is -0.755. The van der Waals surface area contributed by atoms with Gasteiger partial charge in [0.15, 0.2) is 9.84 Å². The van der Waals surface area contributed by atoms with Crippen molar-refractivity contribution in [3.63, 3.8) is 0 Å². The number of benzene rings is 1. The van der Waals surface area contributed by atoms with E-state index in [1.54, 1.807) is 11.4 Å². The Bertz CT molecular complexity index is 882. The van der Waals surface area contributed by atoms with Gasteiger partial charge in [-0.05, 0) is 29.1 Å². The molecule has 1 aliphatic rings. The van der Waals surface area contributed by atoms with Gasteiger partial charge in [0.2, 0.25) is 11.7 Å². The number of amides is 1. The maximum absolute atomic E-state index is 12.7. The first-order chi connectivity index (χ1) is 10.4. The molecule has 0 saturated carbocycles. The summed E-state index contributed by atoms with van der Waals surface area (Å²) in [5, 5.41) is 12.9. The number of sulfone groups is 1. The van der Waals surface area contributed by atoms with Crippen molar-refractivity contribution in [2.75, 3.05) is 11.9 Å². The first-order valence-electron chi connectivity index (χ1n) is 6.31. The van der Waals surface area contributed by atoms with Crippen LogP contribution in [0.5, 0.6) is 0 Å². The van der Waals surface area contributed by atoms with Crippen molar-refractivity contribution in [2.45, 2.75) is 10.6 Å². The fraction of sp³-hybridized carbons (Fsp3) is 0.143. The lowest BCUT2D eigenvalue weighted by molar-refractivity contribution is -0.118. The molecule has 1 aromatic carbocycles. The van der Waals surface area contributed by atoms with Crippen molar-refractivity contribution in [3.05, 3.63) is 45.6 Å². The number of anilines is 1. The van der Waals surface area contributed by atoms with Crippen molar-refractivity contribution < 1.29 is 23.1 Å². The molecule has 0 spiro atoms. The molecule has 0 unspecified atom stereocenters. The summed E-state index contributed by atoms with van der Waals surface area (Å²) in [5.74, 6) is -1.40. The summed E-state index contributed by atoms with van der Waals surface area (Å²) in [6, 6.07) is 5.87. The van der Waals surface area contributed by atoms with Crippen LogP contribution in [0.25, 0.3) is 0 Å². The SMILES string of the molecule is O=C(CO)Nc1cccc2c1C(=O)c1sccc1CS2(=O)=O. The maximum Gasteiger partial charge on any atom is 0.250 e. The predicted octanol–water partition coefficient (Wildman–Crippen LogP) is 1.20. The number of hydrogen-bond donors (Lipinski definition) is 2.